The molecule has 0 bridgehead atoms. The number of carboxylic acids is 1. The van der Waals surface area contributed by atoms with Crippen LogP contribution in [0.1, 0.15) is 71.1 Å². The fourth-order valence-electron chi connectivity index (χ4n) is 2.28. The Labute approximate surface area is 163 Å². The molecule has 0 heterocycles. The van der Waals surface area contributed by atoms with E-state index in [0.29, 0.717) is 12.8 Å². The van der Waals surface area contributed by atoms with Crippen LogP contribution in [0.15, 0.2) is 60.4 Å². The molecule has 0 radical (unpaired) electrons. The van der Waals surface area contributed by atoms with Crippen molar-refractivity contribution in [2.24, 2.45) is 0 Å². The van der Waals surface area contributed by atoms with Crippen LogP contribution in [-0.4, -0.2) is 16.0 Å². The van der Waals surface area contributed by atoms with Gasteiger partial charge < -0.3 is 5.11 Å². The van der Waals surface area contributed by atoms with Gasteiger partial charge in [0.2, 0.25) is 5.70 Å². The lowest BCUT2D eigenvalue weighted by atomic mass is 10.1. The third kappa shape index (κ3) is 18.2. The summed E-state index contributed by atoms with van der Waals surface area (Å²) in [6.07, 6.45) is 25.1. The van der Waals surface area contributed by atoms with Crippen LogP contribution in [0.2, 0.25) is 0 Å². The van der Waals surface area contributed by atoms with Gasteiger partial charge in [-0.25, -0.2) is 0 Å². The summed E-state index contributed by atoms with van der Waals surface area (Å²) in [6.45, 7) is 2.07. The van der Waals surface area contributed by atoms with E-state index in [2.05, 4.69) is 31.2 Å². The van der Waals surface area contributed by atoms with Crippen molar-refractivity contribution in [3.8, 4) is 0 Å². The molecule has 0 spiro atoms. The molecule has 0 aliphatic heterocycles. The Kier molecular flexibility index (Phi) is 16.7. The fourth-order valence-corrected chi connectivity index (χ4v) is 2.28. The minimum absolute atomic E-state index is 0.229. The highest BCUT2D eigenvalue weighted by Crippen LogP contribution is 2.07. The summed E-state index contributed by atoms with van der Waals surface area (Å²) >= 11 is 0. The number of nitro groups is 1. The predicted octanol–water partition coefficient (Wildman–Crippen LogP) is 6.38. The second kappa shape index (κ2) is 18.4. The maximum atomic E-state index is 11.0. The molecule has 0 rings (SSSR count). The van der Waals surface area contributed by atoms with Gasteiger partial charge in [-0.15, -0.1) is 0 Å². The number of carboxylic acid groups (broad SMARTS) is 1. The molecule has 0 aromatic heterocycles. The monoisotopic (exact) mass is 375 g/mol. The van der Waals surface area contributed by atoms with Crippen LogP contribution in [0.5, 0.6) is 0 Å². The molecule has 0 aliphatic carbocycles. The molecule has 27 heavy (non-hydrogen) atoms. The second-order valence-electron chi connectivity index (χ2n) is 6.15. The summed E-state index contributed by atoms with van der Waals surface area (Å²) in [7, 11) is 0. The summed E-state index contributed by atoms with van der Waals surface area (Å²) in [5, 5.41) is 19.6. The third-order valence-corrected chi connectivity index (χ3v) is 3.76. The molecule has 0 amide bonds. The number of hydrogen-bond acceptors (Lipinski definition) is 3. The lowest BCUT2D eigenvalue weighted by Gasteiger charge is -1.95. The predicted molar refractivity (Wildman–Crippen MR) is 111 cm³/mol. The average molecular weight is 376 g/mol. The number of allylic oxidation sites excluding steroid dienone is 9. The lowest BCUT2D eigenvalue weighted by Crippen LogP contribution is -1.97. The van der Waals surface area contributed by atoms with Gasteiger partial charge in [-0.3, -0.25) is 14.9 Å². The summed E-state index contributed by atoms with van der Waals surface area (Å²) in [4.78, 5) is 21.1. The highest BCUT2D eigenvalue weighted by atomic mass is 16.6. The number of nitrogens with zero attached hydrogens (tertiary/aromatic N) is 1. The first-order chi connectivity index (χ1) is 13.1. The fraction of sp³-hybridized carbons (Fsp3) is 0.500. The van der Waals surface area contributed by atoms with Crippen molar-refractivity contribution in [1.29, 1.82) is 0 Å². The minimum atomic E-state index is -0.731. The zero-order chi connectivity index (χ0) is 20.2. The Balaban J connectivity index is 3.95. The van der Waals surface area contributed by atoms with E-state index in [4.69, 9.17) is 5.11 Å². The topological polar surface area (TPSA) is 80.4 Å². The zero-order valence-electron chi connectivity index (χ0n) is 16.4. The minimum Gasteiger partial charge on any atom is -0.481 e. The molecule has 1 N–H and O–H groups in total. The van der Waals surface area contributed by atoms with Crippen molar-refractivity contribution >= 4 is 5.97 Å². The summed E-state index contributed by atoms with van der Waals surface area (Å²) in [5.41, 5.74) is 0.229. The van der Waals surface area contributed by atoms with Crippen molar-refractivity contribution in [3.63, 3.8) is 0 Å². The van der Waals surface area contributed by atoms with Crippen molar-refractivity contribution in [2.75, 3.05) is 0 Å². The summed E-state index contributed by atoms with van der Waals surface area (Å²) < 4.78 is 0. The van der Waals surface area contributed by atoms with E-state index >= 15 is 0 Å². The van der Waals surface area contributed by atoms with E-state index in [9.17, 15) is 14.9 Å². The normalized spacial score (nSPS) is 12.9. The molecule has 5 heteroatoms. The Hall–Kier alpha value is -2.43. The van der Waals surface area contributed by atoms with Gasteiger partial charge in [-0.1, -0.05) is 62.0 Å². The summed E-state index contributed by atoms with van der Waals surface area (Å²) in [5.74, 6) is -0.731. The number of carbonyl (C=O) groups is 1. The van der Waals surface area contributed by atoms with Gasteiger partial charge >= 0.3 is 5.97 Å². The van der Waals surface area contributed by atoms with Crippen LogP contribution in [0, 0.1) is 10.1 Å². The van der Waals surface area contributed by atoms with Crippen LogP contribution in [0.25, 0.3) is 0 Å². The molecule has 0 aromatic rings. The van der Waals surface area contributed by atoms with E-state index in [0.717, 1.165) is 44.9 Å². The molecule has 0 saturated carbocycles. The van der Waals surface area contributed by atoms with Crippen LogP contribution in [-0.2, 0) is 4.79 Å². The molecular weight excluding hydrogens is 342 g/mol. The number of hydrogen-bond donors (Lipinski definition) is 1. The number of aliphatic carboxylic acids is 1. The Bertz CT molecular complexity index is 557. The standard InChI is InChI=1S/C22H33NO4/c1-2-3-4-5-12-15-18-21(23(26)27)19-16-13-10-8-6-7-9-11-14-17-20-22(24)25/h3-4,6-7,10,12-13,15,19H,2,5,8-9,11,14,16-18,20H2,1H3,(H,24,25). The van der Waals surface area contributed by atoms with Crippen molar-refractivity contribution in [3.05, 3.63) is 70.5 Å². The Morgan fingerprint density at radius 1 is 0.889 bits per heavy atom. The van der Waals surface area contributed by atoms with E-state index < -0.39 is 5.97 Å². The molecule has 0 fully saturated rings. The van der Waals surface area contributed by atoms with E-state index in [1.807, 2.05) is 24.3 Å². The maximum absolute atomic E-state index is 11.0. The third-order valence-electron chi connectivity index (χ3n) is 3.76. The van der Waals surface area contributed by atoms with Crippen molar-refractivity contribution in [2.45, 2.75) is 71.1 Å². The smallest absolute Gasteiger partial charge is 0.303 e. The van der Waals surface area contributed by atoms with Crippen molar-refractivity contribution in [1.82, 2.24) is 0 Å². The first-order valence-corrected chi connectivity index (χ1v) is 9.73. The largest absolute Gasteiger partial charge is 0.481 e. The Morgan fingerprint density at radius 2 is 1.52 bits per heavy atom. The van der Waals surface area contributed by atoms with E-state index in [1.165, 1.54) is 0 Å². The molecule has 150 valence electrons. The Morgan fingerprint density at radius 3 is 2.19 bits per heavy atom. The molecule has 0 unspecified atom stereocenters. The van der Waals surface area contributed by atoms with E-state index in [-0.39, 0.29) is 17.0 Å². The van der Waals surface area contributed by atoms with Gasteiger partial charge in [-0.05, 0) is 51.0 Å². The van der Waals surface area contributed by atoms with Crippen molar-refractivity contribution < 1.29 is 14.8 Å². The van der Waals surface area contributed by atoms with Crippen LogP contribution >= 0.6 is 0 Å². The van der Waals surface area contributed by atoms with Gasteiger partial charge in [0.25, 0.3) is 0 Å². The SMILES string of the molecule is CCC=CCC=CCC(=CCC=CCC=CCCCCCC(=O)O)[N+](=O)[O-]. The number of rotatable bonds is 16. The molecule has 0 atom stereocenters. The van der Waals surface area contributed by atoms with E-state index in [1.54, 1.807) is 6.08 Å². The molecule has 5 nitrogen and oxygen atoms in total. The molecule has 0 aliphatic rings. The second-order valence-corrected chi connectivity index (χ2v) is 6.15. The highest BCUT2D eigenvalue weighted by Gasteiger charge is 2.06. The van der Waals surface area contributed by atoms with Gasteiger partial charge in [-0.2, -0.15) is 0 Å². The molecule has 0 aromatic carbocycles. The molecular formula is C22H33NO4. The summed E-state index contributed by atoms with van der Waals surface area (Å²) in [6, 6.07) is 0. The first-order valence-electron chi connectivity index (χ1n) is 9.73. The van der Waals surface area contributed by atoms with Gasteiger partial charge in [0.05, 0.1) is 11.3 Å². The first kappa shape index (κ1) is 24.6. The van der Waals surface area contributed by atoms with Gasteiger partial charge in [0.15, 0.2) is 0 Å². The number of unbranched alkanes of at least 4 members (excludes halogenated alkanes) is 3. The highest BCUT2D eigenvalue weighted by molar-refractivity contribution is 5.66. The van der Waals surface area contributed by atoms with Crippen LogP contribution in [0.3, 0.4) is 0 Å². The van der Waals surface area contributed by atoms with Gasteiger partial charge in [0, 0.05) is 6.42 Å². The quantitative estimate of drug-likeness (QED) is 0.147. The maximum Gasteiger partial charge on any atom is 0.303 e. The van der Waals surface area contributed by atoms with Gasteiger partial charge in [0.1, 0.15) is 0 Å². The van der Waals surface area contributed by atoms with Crippen LogP contribution in [0.4, 0.5) is 0 Å². The van der Waals surface area contributed by atoms with Crippen LogP contribution < -0.4 is 0 Å². The zero-order valence-corrected chi connectivity index (χ0v) is 16.4. The lowest BCUT2D eigenvalue weighted by molar-refractivity contribution is -0.427. The molecule has 0 saturated heterocycles. The average Bonchev–Trinajstić information content (AvgIpc) is 2.63.